The van der Waals surface area contributed by atoms with Gasteiger partial charge in [-0.1, -0.05) is 0 Å². The Morgan fingerprint density at radius 2 is 2.36 bits per heavy atom. The largest absolute Gasteiger partial charge is 0.434 e. The van der Waals surface area contributed by atoms with Gasteiger partial charge in [-0.2, -0.15) is 5.26 Å². The second-order valence-electron chi connectivity index (χ2n) is 2.57. The molecule has 0 aromatic heterocycles. The minimum Gasteiger partial charge on any atom is -0.434 e. The molecule has 58 valence electrons. The summed E-state index contributed by atoms with van der Waals surface area (Å²) in [6.07, 6.45) is 3.35. The lowest BCUT2D eigenvalue weighted by molar-refractivity contribution is -0.135. The number of nitriles is 1. The Morgan fingerprint density at radius 1 is 1.73 bits per heavy atom. The molecular weight excluding hydrogens is 142 g/mol. The van der Waals surface area contributed by atoms with Crippen molar-refractivity contribution in [3.8, 4) is 6.07 Å². The van der Waals surface area contributed by atoms with E-state index >= 15 is 0 Å². The third kappa shape index (κ3) is 2.42. The summed E-state index contributed by atoms with van der Waals surface area (Å²) >= 11 is 0. The van der Waals surface area contributed by atoms with E-state index in [1.54, 1.807) is 0 Å². The topological polar surface area (TPSA) is 50.1 Å². The van der Waals surface area contributed by atoms with Crippen LogP contribution in [0.15, 0.2) is 11.8 Å². The fourth-order valence-electron chi connectivity index (χ4n) is 0.755. The molecule has 0 heterocycles. The molecule has 3 nitrogen and oxygen atoms in total. The van der Waals surface area contributed by atoms with Crippen LogP contribution in [0, 0.1) is 17.2 Å². The molecule has 1 aliphatic carbocycles. The highest BCUT2D eigenvalue weighted by atomic mass is 16.5. The summed E-state index contributed by atoms with van der Waals surface area (Å²) < 4.78 is 4.57. The monoisotopic (exact) mass is 151 g/mol. The lowest BCUT2D eigenvalue weighted by Crippen LogP contribution is -1.92. The maximum atomic E-state index is 10.3. The number of hydrogen-bond acceptors (Lipinski definition) is 3. The van der Waals surface area contributed by atoms with E-state index in [0.29, 0.717) is 11.5 Å². The van der Waals surface area contributed by atoms with Crippen LogP contribution < -0.4 is 0 Å². The molecule has 0 amide bonds. The van der Waals surface area contributed by atoms with E-state index in [1.165, 1.54) is 13.2 Å². The van der Waals surface area contributed by atoms with Crippen molar-refractivity contribution in [2.45, 2.75) is 19.8 Å². The Hall–Kier alpha value is -1.30. The number of nitrogens with zero attached hydrogens (tertiary/aromatic N) is 1. The highest BCUT2D eigenvalue weighted by Crippen LogP contribution is 2.35. The molecule has 11 heavy (non-hydrogen) atoms. The Bertz CT molecular complexity index is 233. The zero-order valence-corrected chi connectivity index (χ0v) is 6.33. The quantitative estimate of drug-likeness (QED) is 0.340. The maximum Gasteiger partial charge on any atom is 0.307 e. The third-order valence-electron chi connectivity index (χ3n) is 1.50. The first kappa shape index (κ1) is 7.80. The molecule has 1 fully saturated rings. The van der Waals surface area contributed by atoms with Gasteiger partial charge < -0.3 is 4.74 Å². The van der Waals surface area contributed by atoms with Crippen molar-refractivity contribution in [3.63, 3.8) is 0 Å². The Kier molecular flexibility index (Phi) is 2.27. The molecule has 0 radical (unpaired) electrons. The fraction of sp³-hybridized carbons (Fsp3) is 0.500. The summed E-state index contributed by atoms with van der Waals surface area (Å²) in [5, 5.41) is 8.54. The normalized spacial score (nSPS) is 17.3. The highest BCUT2D eigenvalue weighted by Gasteiger charge is 2.26. The van der Waals surface area contributed by atoms with Crippen LogP contribution in [0.1, 0.15) is 19.8 Å². The standard InChI is InChI=1S/C8H9NO2/c1-6(10)11-5-8(4-9)7-2-3-7/h5,7H,2-3H2,1H3. The van der Waals surface area contributed by atoms with Crippen LogP contribution >= 0.6 is 0 Å². The van der Waals surface area contributed by atoms with E-state index < -0.39 is 0 Å². The number of ether oxygens (including phenoxy) is 1. The Labute approximate surface area is 65.3 Å². The average Bonchev–Trinajstić information content (AvgIpc) is 2.72. The van der Waals surface area contributed by atoms with E-state index in [9.17, 15) is 4.79 Å². The second-order valence-corrected chi connectivity index (χ2v) is 2.57. The minimum atomic E-state index is -0.376. The van der Waals surface area contributed by atoms with E-state index in [0.717, 1.165) is 12.8 Å². The summed E-state index contributed by atoms with van der Waals surface area (Å²) in [6.45, 7) is 1.32. The molecule has 1 aliphatic rings. The molecule has 0 spiro atoms. The van der Waals surface area contributed by atoms with Gasteiger partial charge in [0.05, 0.1) is 11.6 Å². The summed E-state index contributed by atoms with van der Waals surface area (Å²) in [5.74, 6) is -0.0299. The molecule has 0 atom stereocenters. The minimum absolute atomic E-state index is 0.347. The lowest BCUT2D eigenvalue weighted by atomic mass is 10.2. The van der Waals surface area contributed by atoms with Gasteiger partial charge in [-0.25, -0.2) is 0 Å². The van der Waals surface area contributed by atoms with E-state index in [1.807, 2.05) is 6.07 Å². The van der Waals surface area contributed by atoms with Gasteiger partial charge in [0.1, 0.15) is 6.26 Å². The van der Waals surface area contributed by atoms with Crippen LogP contribution in [-0.4, -0.2) is 5.97 Å². The van der Waals surface area contributed by atoms with E-state index in [2.05, 4.69) is 4.74 Å². The van der Waals surface area contributed by atoms with Crippen LogP contribution in [0.3, 0.4) is 0 Å². The zero-order valence-electron chi connectivity index (χ0n) is 6.33. The Balaban J connectivity index is 2.47. The molecular formula is C8H9NO2. The van der Waals surface area contributed by atoms with Gasteiger partial charge in [-0.05, 0) is 18.8 Å². The predicted molar refractivity (Wildman–Crippen MR) is 38.2 cm³/mol. The number of allylic oxidation sites excluding steroid dienone is 1. The molecule has 3 heteroatoms. The first-order chi connectivity index (χ1) is 5.24. The van der Waals surface area contributed by atoms with Crippen LogP contribution in [0.25, 0.3) is 0 Å². The van der Waals surface area contributed by atoms with Crippen LogP contribution in [0.5, 0.6) is 0 Å². The van der Waals surface area contributed by atoms with Crippen molar-refractivity contribution in [2.24, 2.45) is 5.92 Å². The van der Waals surface area contributed by atoms with Crippen molar-refractivity contribution in [1.82, 2.24) is 0 Å². The number of rotatable bonds is 2. The zero-order chi connectivity index (χ0) is 8.27. The number of hydrogen-bond donors (Lipinski definition) is 0. The molecule has 0 unspecified atom stereocenters. The predicted octanol–water partition coefficient (Wildman–Crippen LogP) is 1.37. The average molecular weight is 151 g/mol. The fourth-order valence-corrected chi connectivity index (χ4v) is 0.755. The number of carbonyl (C=O) groups excluding carboxylic acids is 1. The molecule has 1 saturated carbocycles. The van der Waals surface area contributed by atoms with Gasteiger partial charge >= 0.3 is 5.97 Å². The second kappa shape index (κ2) is 3.20. The summed E-state index contributed by atoms with van der Waals surface area (Å²) in [4.78, 5) is 10.3. The smallest absolute Gasteiger partial charge is 0.307 e. The van der Waals surface area contributed by atoms with Crippen molar-refractivity contribution in [1.29, 1.82) is 5.26 Å². The van der Waals surface area contributed by atoms with Gasteiger partial charge in [0.2, 0.25) is 0 Å². The molecule has 0 aromatic rings. The summed E-state index contributed by atoms with van der Waals surface area (Å²) in [5.41, 5.74) is 0.584. The third-order valence-corrected chi connectivity index (χ3v) is 1.50. The SMILES string of the molecule is CC(=O)OC=C(C#N)C1CC1. The van der Waals surface area contributed by atoms with Crippen LogP contribution in [-0.2, 0) is 9.53 Å². The maximum absolute atomic E-state index is 10.3. The van der Waals surface area contributed by atoms with E-state index in [-0.39, 0.29) is 5.97 Å². The van der Waals surface area contributed by atoms with Gasteiger partial charge in [0.25, 0.3) is 0 Å². The van der Waals surface area contributed by atoms with Gasteiger partial charge in [0.15, 0.2) is 0 Å². The first-order valence-corrected chi connectivity index (χ1v) is 3.51. The van der Waals surface area contributed by atoms with Crippen molar-refractivity contribution >= 4 is 5.97 Å². The molecule has 0 aliphatic heterocycles. The molecule has 0 aromatic carbocycles. The number of esters is 1. The van der Waals surface area contributed by atoms with E-state index in [4.69, 9.17) is 5.26 Å². The van der Waals surface area contributed by atoms with Gasteiger partial charge in [-0.3, -0.25) is 4.79 Å². The van der Waals surface area contributed by atoms with Crippen LogP contribution in [0.4, 0.5) is 0 Å². The van der Waals surface area contributed by atoms with Gasteiger partial charge in [-0.15, -0.1) is 0 Å². The summed E-state index contributed by atoms with van der Waals surface area (Å²) in [6, 6.07) is 2.00. The lowest BCUT2D eigenvalue weighted by Gasteiger charge is -1.93. The highest BCUT2D eigenvalue weighted by molar-refractivity contribution is 5.66. The van der Waals surface area contributed by atoms with Gasteiger partial charge in [0, 0.05) is 6.92 Å². The Morgan fingerprint density at radius 3 is 2.73 bits per heavy atom. The molecule has 1 rings (SSSR count). The molecule has 0 bridgehead atoms. The van der Waals surface area contributed by atoms with Crippen molar-refractivity contribution in [2.75, 3.05) is 0 Å². The molecule has 0 N–H and O–H groups in total. The van der Waals surface area contributed by atoms with Crippen molar-refractivity contribution < 1.29 is 9.53 Å². The summed E-state index contributed by atoms with van der Waals surface area (Å²) in [7, 11) is 0. The molecule has 0 saturated heterocycles. The van der Waals surface area contributed by atoms with Crippen LogP contribution in [0.2, 0.25) is 0 Å². The first-order valence-electron chi connectivity index (χ1n) is 3.51. The number of carbonyl (C=O) groups is 1. The van der Waals surface area contributed by atoms with Crippen molar-refractivity contribution in [3.05, 3.63) is 11.8 Å².